The lowest BCUT2D eigenvalue weighted by molar-refractivity contribution is -0.120. The van der Waals surface area contributed by atoms with Crippen LogP contribution >= 0.6 is 23.4 Å². The summed E-state index contributed by atoms with van der Waals surface area (Å²) in [6, 6.07) is 11.1. The highest BCUT2D eigenvalue weighted by Crippen LogP contribution is 2.27. The van der Waals surface area contributed by atoms with Crippen LogP contribution in [0.3, 0.4) is 0 Å². The summed E-state index contributed by atoms with van der Waals surface area (Å²) in [6.45, 7) is 4.91. The first-order valence-electron chi connectivity index (χ1n) is 8.25. The van der Waals surface area contributed by atoms with E-state index in [0.717, 1.165) is 5.56 Å². The summed E-state index contributed by atoms with van der Waals surface area (Å²) in [4.78, 5) is 12.4. The fourth-order valence-corrected chi connectivity index (χ4v) is 3.57. The lowest BCUT2D eigenvalue weighted by atomic mass is 10.2. The van der Waals surface area contributed by atoms with Gasteiger partial charge in [0.15, 0.2) is 16.7 Å². The van der Waals surface area contributed by atoms with Crippen molar-refractivity contribution in [1.29, 1.82) is 0 Å². The van der Waals surface area contributed by atoms with Gasteiger partial charge in [-0.1, -0.05) is 41.6 Å². The van der Waals surface area contributed by atoms with Gasteiger partial charge in [-0.05, 0) is 37.6 Å². The summed E-state index contributed by atoms with van der Waals surface area (Å²) in [7, 11) is 0. The van der Waals surface area contributed by atoms with E-state index in [1.807, 2.05) is 48.7 Å². The van der Waals surface area contributed by atoms with E-state index in [4.69, 9.17) is 16.0 Å². The Bertz CT molecular complexity index is 879. The van der Waals surface area contributed by atoms with Gasteiger partial charge in [-0.3, -0.25) is 9.36 Å². The number of hydrogen-bond donors (Lipinski definition) is 1. The molecule has 1 unspecified atom stereocenters. The SMILES string of the molecule is CCn1c(SC(C)C(=O)NCc2ccccc2Cl)nnc1-c1ccco1. The number of furan rings is 1. The minimum absolute atomic E-state index is 0.0832. The van der Waals surface area contributed by atoms with Crippen LogP contribution in [0.1, 0.15) is 19.4 Å². The van der Waals surface area contributed by atoms with Crippen molar-refractivity contribution in [3.8, 4) is 11.6 Å². The number of rotatable bonds is 7. The molecule has 0 aliphatic carbocycles. The normalized spacial score (nSPS) is 12.1. The number of benzene rings is 1. The van der Waals surface area contributed by atoms with Crippen molar-refractivity contribution in [2.45, 2.75) is 37.3 Å². The number of halogens is 1. The van der Waals surface area contributed by atoms with Gasteiger partial charge in [-0.15, -0.1) is 10.2 Å². The molecule has 136 valence electrons. The van der Waals surface area contributed by atoms with E-state index >= 15 is 0 Å². The number of hydrogen-bond acceptors (Lipinski definition) is 5. The topological polar surface area (TPSA) is 73.0 Å². The second-order valence-electron chi connectivity index (χ2n) is 5.60. The maximum absolute atomic E-state index is 12.4. The Morgan fingerprint density at radius 2 is 2.12 bits per heavy atom. The number of nitrogens with zero attached hydrogens (tertiary/aromatic N) is 3. The van der Waals surface area contributed by atoms with Crippen LogP contribution in [-0.4, -0.2) is 25.9 Å². The maximum Gasteiger partial charge on any atom is 0.233 e. The third-order valence-electron chi connectivity index (χ3n) is 3.84. The van der Waals surface area contributed by atoms with Gasteiger partial charge in [0.25, 0.3) is 0 Å². The summed E-state index contributed by atoms with van der Waals surface area (Å²) in [5.74, 6) is 1.23. The molecule has 1 aromatic carbocycles. The van der Waals surface area contributed by atoms with Crippen molar-refractivity contribution in [3.63, 3.8) is 0 Å². The van der Waals surface area contributed by atoms with Gasteiger partial charge in [-0.25, -0.2) is 0 Å². The van der Waals surface area contributed by atoms with Crippen LogP contribution in [0, 0.1) is 0 Å². The Hall–Kier alpha value is -2.25. The van der Waals surface area contributed by atoms with E-state index in [1.54, 1.807) is 12.3 Å². The molecule has 8 heteroatoms. The van der Waals surface area contributed by atoms with Gasteiger partial charge in [0.05, 0.1) is 11.5 Å². The molecule has 0 spiro atoms. The summed E-state index contributed by atoms with van der Waals surface area (Å²) < 4.78 is 7.33. The van der Waals surface area contributed by atoms with Crippen LogP contribution in [0.25, 0.3) is 11.6 Å². The third-order valence-corrected chi connectivity index (χ3v) is 5.29. The van der Waals surface area contributed by atoms with Gasteiger partial charge in [-0.2, -0.15) is 0 Å². The Balaban J connectivity index is 1.65. The summed E-state index contributed by atoms with van der Waals surface area (Å²) in [6.07, 6.45) is 1.60. The van der Waals surface area contributed by atoms with Crippen molar-refractivity contribution in [2.75, 3.05) is 0 Å². The zero-order chi connectivity index (χ0) is 18.5. The largest absolute Gasteiger partial charge is 0.461 e. The predicted molar refractivity (Wildman–Crippen MR) is 102 cm³/mol. The van der Waals surface area contributed by atoms with Crippen LogP contribution in [-0.2, 0) is 17.9 Å². The smallest absolute Gasteiger partial charge is 0.233 e. The molecule has 2 heterocycles. The molecule has 1 N–H and O–H groups in total. The van der Waals surface area contributed by atoms with Crippen LogP contribution in [0.2, 0.25) is 5.02 Å². The van der Waals surface area contributed by atoms with Gasteiger partial charge in [0.2, 0.25) is 5.91 Å². The van der Waals surface area contributed by atoms with E-state index in [0.29, 0.717) is 34.9 Å². The molecule has 3 rings (SSSR count). The van der Waals surface area contributed by atoms with Gasteiger partial charge in [0.1, 0.15) is 0 Å². The molecule has 6 nitrogen and oxygen atoms in total. The second-order valence-corrected chi connectivity index (χ2v) is 7.31. The Morgan fingerprint density at radius 3 is 2.81 bits per heavy atom. The fourth-order valence-electron chi connectivity index (χ4n) is 2.43. The van der Waals surface area contributed by atoms with Crippen molar-refractivity contribution in [3.05, 3.63) is 53.2 Å². The molecule has 2 aromatic heterocycles. The number of carbonyl (C=O) groups is 1. The maximum atomic E-state index is 12.4. The van der Waals surface area contributed by atoms with E-state index in [-0.39, 0.29) is 11.2 Å². The van der Waals surface area contributed by atoms with Crippen LogP contribution in [0.15, 0.2) is 52.2 Å². The third kappa shape index (κ3) is 4.11. The van der Waals surface area contributed by atoms with E-state index < -0.39 is 0 Å². The molecule has 1 atom stereocenters. The highest BCUT2D eigenvalue weighted by Gasteiger charge is 2.21. The Morgan fingerprint density at radius 1 is 1.31 bits per heavy atom. The van der Waals surface area contributed by atoms with Crippen molar-refractivity contribution in [1.82, 2.24) is 20.1 Å². The van der Waals surface area contributed by atoms with E-state index in [2.05, 4.69) is 15.5 Å². The summed E-state index contributed by atoms with van der Waals surface area (Å²) in [5, 5.41) is 12.3. The molecule has 0 fully saturated rings. The monoisotopic (exact) mass is 390 g/mol. The molecule has 0 aliphatic heterocycles. The second kappa shape index (κ2) is 8.42. The minimum Gasteiger partial charge on any atom is -0.461 e. The summed E-state index contributed by atoms with van der Waals surface area (Å²) >= 11 is 7.48. The van der Waals surface area contributed by atoms with Gasteiger partial charge in [0, 0.05) is 18.1 Å². The minimum atomic E-state index is -0.323. The molecule has 0 saturated carbocycles. The van der Waals surface area contributed by atoms with Crippen molar-refractivity contribution in [2.24, 2.45) is 0 Å². The molecule has 26 heavy (non-hydrogen) atoms. The van der Waals surface area contributed by atoms with E-state index in [1.165, 1.54) is 11.8 Å². The average molecular weight is 391 g/mol. The van der Waals surface area contributed by atoms with E-state index in [9.17, 15) is 4.79 Å². The number of nitrogens with one attached hydrogen (secondary N) is 1. The molecule has 3 aromatic rings. The predicted octanol–water partition coefficient (Wildman–Crippen LogP) is 4.01. The summed E-state index contributed by atoms with van der Waals surface area (Å²) in [5.41, 5.74) is 0.886. The first-order valence-corrected chi connectivity index (χ1v) is 9.50. The Labute approximate surface area is 160 Å². The molecule has 1 amide bonds. The van der Waals surface area contributed by atoms with Gasteiger partial charge >= 0.3 is 0 Å². The highest BCUT2D eigenvalue weighted by molar-refractivity contribution is 8.00. The first kappa shape index (κ1) is 18.5. The van der Waals surface area contributed by atoms with Crippen LogP contribution < -0.4 is 5.32 Å². The zero-order valence-electron chi connectivity index (χ0n) is 14.5. The zero-order valence-corrected chi connectivity index (χ0v) is 16.0. The van der Waals surface area contributed by atoms with Crippen molar-refractivity contribution < 1.29 is 9.21 Å². The fraction of sp³-hybridized carbons (Fsp3) is 0.278. The quantitative estimate of drug-likeness (QED) is 0.617. The molecule has 0 saturated heterocycles. The average Bonchev–Trinajstić information content (AvgIpc) is 3.29. The molecule has 0 aliphatic rings. The Kier molecular flexibility index (Phi) is 6.00. The lowest BCUT2D eigenvalue weighted by Gasteiger charge is -2.13. The molecule has 0 bridgehead atoms. The molecular weight excluding hydrogens is 372 g/mol. The number of aromatic nitrogens is 3. The number of thioether (sulfide) groups is 1. The number of amides is 1. The van der Waals surface area contributed by atoms with Gasteiger partial charge < -0.3 is 9.73 Å². The van der Waals surface area contributed by atoms with Crippen molar-refractivity contribution >= 4 is 29.3 Å². The first-order chi connectivity index (χ1) is 12.6. The van der Waals surface area contributed by atoms with Crippen LogP contribution in [0.5, 0.6) is 0 Å². The number of carbonyl (C=O) groups excluding carboxylic acids is 1. The van der Waals surface area contributed by atoms with Crippen LogP contribution in [0.4, 0.5) is 0 Å². The molecule has 0 radical (unpaired) electrons. The highest BCUT2D eigenvalue weighted by atomic mass is 35.5. The lowest BCUT2D eigenvalue weighted by Crippen LogP contribution is -2.30. The standard InChI is InChI=1S/C18H19ClN4O2S/c1-3-23-16(15-9-6-10-25-15)21-22-18(23)26-12(2)17(24)20-11-13-7-4-5-8-14(13)19/h4-10,12H,3,11H2,1-2H3,(H,20,24). The molecular formula is C18H19ClN4O2S.